The van der Waals surface area contributed by atoms with Crippen molar-refractivity contribution in [2.24, 2.45) is 0 Å². The monoisotopic (exact) mass is 278 g/mol. The maximum Gasteiger partial charge on any atom is 0.152 e. The van der Waals surface area contributed by atoms with Crippen LogP contribution in [0.25, 0.3) is 0 Å². The van der Waals surface area contributed by atoms with Crippen LogP contribution in [0.2, 0.25) is 0 Å². The molecule has 0 N–H and O–H groups in total. The molecule has 2 aromatic heterocycles. The van der Waals surface area contributed by atoms with E-state index in [-0.39, 0.29) is 12.2 Å². The van der Waals surface area contributed by atoms with Gasteiger partial charge in [0.2, 0.25) is 0 Å². The molecular formula is C14H18O4Si. The Morgan fingerprint density at radius 2 is 1.68 bits per heavy atom. The quantitative estimate of drug-likeness (QED) is 0.602. The highest BCUT2D eigenvalue weighted by molar-refractivity contribution is 6.20. The summed E-state index contributed by atoms with van der Waals surface area (Å²) in [6.07, 6.45) is 4.69. The van der Waals surface area contributed by atoms with Crippen molar-refractivity contribution < 1.29 is 18.3 Å². The fourth-order valence-corrected chi connectivity index (χ4v) is 2.16. The van der Waals surface area contributed by atoms with Crippen LogP contribution in [-0.2, 0) is 9.47 Å². The highest BCUT2D eigenvalue weighted by atomic mass is 28.1. The molecule has 2 aromatic rings. The molecule has 0 aromatic carbocycles. The fraction of sp³-hybridized carbons (Fsp3) is 0.286. The number of ether oxygens (including phenoxy) is 2. The first-order chi connectivity index (χ1) is 9.16. The number of hydrogen-bond donors (Lipinski definition) is 0. The smallest absolute Gasteiger partial charge is 0.152 e. The molecule has 4 nitrogen and oxygen atoms in total. The van der Waals surface area contributed by atoms with Gasteiger partial charge in [0, 0.05) is 0 Å². The van der Waals surface area contributed by atoms with Crippen LogP contribution in [0.1, 0.15) is 37.6 Å². The van der Waals surface area contributed by atoms with Crippen molar-refractivity contribution in [1.82, 2.24) is 0 Å². The summed E-state index contributed by atoms with van der Waals surface area (Å²) >= 11 is 0. The molecule has 2 unspecified atom stereocenters. The molecule has 0 fully saturated rings. The molecule has 2 atom stereocenters. The van der Waals surface area contributed by atoms with E-state index < -0.39 is 0 Å². The van der Waals surface area contributed by atoms with Crippen LogP contribution in [-0.4, -0.2) is 10.2 Å². The average molecular weight is 278 g/mol. The van der Waals surface area contributed by atoms with E-state index in [0.717, 1.165) is 27.1 Å². The largest absolute Gasteiger partial charge is 0.490 e. The molecule has 102 valence electrons. The van der Waals surface area contributed by atoms with Crippen molar-refractivity contribution in [3.8, 4) is 0 Å². The lowest BCUT2D eigenvalue weighted by molar-refractivity contribution is 0.0962. The Hall–Kier alpha value is -1.88. The van der Waals surface area contributed by atoms with Crippen LogP contribution in [0.4, 0.5) is 0 Å². The van der Waals surface area contributed by atoms with Gasteiger partial charge in [0.05, 0.1) is 28.2 Å². The van der Waals surface area contributed by atoms with Gasteiger partial charge < -0.3 is 18.3 Å². The van der Waals surface area contributed by atoms with Gasteiger partial charge in [0.1, 0.15) is 17.8 Å². The van der Waals surface area contributed by atoms with E-state index in [1.165, 1.54) is 0 Å². The second-order valence-electron chi connectivity index (χ2n) is 4.30. The van der Waals surface area contributed by atoms with Crippen molar-refractivity contribution in [2.75, 3.05) is 0 Å². The van der Waals surface area contributed by atoms with Crippen molar-refractivity contribution in [3.05, 3.63) is 60.0 Å². The Labute approximate surface area is 115 Å². The summed E-state index contributed by atoms with van der Waals surface area (Å²) in [6, 6.07) is 7.47. The maximum atomic E-state index is 5.74. The first-order valence-electron chi connectivity index (χ1n) is 6.22. The third-order valence-corrected chi connectivity index (χ3v) is 3.16. The van der Waals surface area contributed by atoms with E-state index >= 15 is 0 Å². The van der Waals surface area contributed by atoms with Gasteiger partial charge in [0.25, 0.3) is 0 Å². The molecule has 19 heavy (non-hydrogen) atoms. The second kappa shape index (κ2) is 6.33. The predicted molar refractivity (Wildman–Crippen MR) is 74.4 cm³/mol. The van der Waals surface area contributed by atoms with Crippen molar-refractivity contribution in [2.45, 2.75) is 26.1 Å². The zero-order valence-corrected chi connectivity index (χ0v) is 13.3. The van der Waals surface area contributed by atoms with Crippen molar-refractivity contribution in [1.29, 1.82) is 0 Å². The van der Waals surface area contributed by atoms with Crippen LogP contribution in [0.3, 0.4) is 0 Å². The van der Waals surface area contributed by atoms with E-state index in [1.807, 2.05) is 38.1 Å². The molecule has 0 aliphatic heterocycles. The van der Waals surface area contributed by atoms with Gasteiger partial charge in [-0.3, -0.25) is 0 Å². The summed E-state index contributed by atoms with van der Waals surface area (Å²) in [5.41, 5.74) is 0. The Bertz CT molecular complexity index is 502. The third kappa shape index (κ3) is 3.79. The van der Waals surface area contributed by atoms with Crippen LogP contribution < -0.4 is 0 Å². The van der Waals surface area contributed by atoms with Gasteiger partial charge in [-0.05, 0) is 38.1 Å². The minimum atomic E-state index is -0.124. The van der Waals surface area contributed by atoms with Gasteiger partial charge in [-0.25, -0.2) is 0 Å². The predicted octanol–water partition coefficient (Wildman–Crippen LogP) is 2.89. The summed E-state index contributed by atoms with van der Waals surface area (Å²) in [5.74, 6) is 1.60. The van der Waals surface area contributed by atoms with Gasteiger partial charge in [-0.2, -0.15) is 0 Å². The summed E-state index contributed by atoms with van der Waals surface area (Å²) in [5, 5.41) is 0.822. The standard InChI is InChI=1S/C14H18O4Si/c1-10(12-5-3-7-15-12)17-9-14(19)18-11(2)13-6-4-8-16-13/h3-11H,1-2,19H3. The molecule has 2 rings (SSSR count). The summed E-state index contributed by atoms with van der Waals surface area (Å²) in [4.78, 5) is 0. The molecule has 0 radical (unpaired) electrons. The summed E-state index contributed by atoms with van der Waals surface area (Å²) in [6.45, 7) is 3.88. The highest BCUT2D eigenvalue weighted by Gasteiger charge is 2.11. The Kier molecular flexibility index (Phi) is 4.51. The van der Waals surface area contributed by atoms with Crippen molar-refractivity contribution in [3.63, 3.8) is 0 Å². The highest BCUT2D eigenvalue weighted by Crippen LogP contribution is 2.21. The fourth-order valence-electron chi connectivity index (χ4n) is 1.67. The Morgan fingerprint density at radius 1 is 1.11 bits per heavy atom. The van der Waals surface area contributed by atoms with Crippen LogP contribution in [0.5, 0.6) is 0 Å². The lowest BCUT2D eigenvalue weighted by atomic mass is 10.3. The van der Waals surface area contributed by atoms with Crippen LogP contribution in [0, 0.1) is 0 Å². The minimum Gasteiger partial charge on any atom is -0.490 e. The Balaban J connectivity index is 1.86. The molecule has 5 heteroatoms. The topological polar surface area (TPSA) is 44.7 Å². The van der Waals surface area contributed by atoms with Gasteiger partial charge in [0.15, 0.2) is 12.2 Å². The van der Waals surface area contributed by atoms with Crippen LogP contribution >= 0.6 is 0 Å². The molecule has 0 saturated heterocycles. The average Bonchev–Trinajstić information content (AvgIpc) is 3.07. The third-order valence-electron chi connectivity index (χ3n) is 2.69. The minimum absolute atomic E-state index is 0.110. The van der Waals surface area contributed by atoms with Gasteiger partial charge in [-0.1, -0.05) is 0 Å². The zero-order chi connectivity index (χ0) is 13.7. The summed E-state index contributed by atoms with van der Waals surface area (Å²) < 4.78 is 21.9. The van der Waals surface area contributed by atoms with E-state index in [9.17, 15) is 0 Å². The summed E-state index contributed by atoms with van der Waals surface area (Å²) in [7, 11) is 0.763. The molecule has 0 spiro atoms. The molecule has 0 amide bonds. The molecule has 0 saturated carbocycles. The lowest BCUT2D eigenvalue weighted by Gasteiger charge is -2.14. The SMILES string of the molecule is CC(OC=C([SiH3])OC(C)c1ccco1)c1ccco1. The van der Waals surface area contributed by atoms with E-state index in [2.05, 4.69) is 0 Å². The zero-order valence-electron chi connectivity index (χ0n) is 11.3. The lowest BCUT2D eigenvalue weighted by Crippen LogP contribution is -2.01. The Morgan fingerprint density at radius 3 is 2.21 bits per heavy atom. The first-order valence-corrected chi connectivity index (χ1v) is 7.22. The van der Waals surface area contributed by atoms with E-state index in [1.54, 1.807) is 18.8 Å². The maximum absolute atomic E-state index is 5.74. The van der Waals surface area contributed by atoms with Gasteiger partial charge in [-0.15, -0.1) is 0 Å². The first kappa shape index (κ1) is 13.5. The number of furan rings is 2. The molecule has 2 heterocycles. The molecule has 0 bridgehead atoms. The number of rotatable bonds is 6. The number of hydrogen-bond acceptors (Lipinski definition) is 4. The second-order valence-corrected chi connectivity index (χ2v) is 5.28. The normalized spacial score (nSPS) is 15.2. The molecule has 0 aliphatic carbocycles. The molecular weight excluding hydrogens is 260 g/mol. The van der Waals surface area contributed by atoms with Crippen molar-refractivity contribution >= 4 is 10.2 Å². The van der Waals surface area contributed by atoms with Crippen LogP contribution in [0.15, 0.2) is 57.3 Å². The van der Waals surface area contributed by atoms with E-state index in [4.69, 9.17) is 18.3 Å². The van der Waals surface area contributed by atoms with E-state index in [0.29, 0.717) is 0 Å². The van der Waals surface area contributed by atoms with Gasteiger partial charge >= 0.3 is 0 Å². The molecule has 0 aliphatic rings.